The highest BCUT2D eigenvalue weighted by molar-refractivity contribution is 5.71. The van der Waals surface area contributed by atoms with Crippen molar-refractivity contribution in [2.75, 3.05) is 13.2 Å². The van der Waals surface area contributed by atoms with E-state index in [1.165, 1.54) is 135 Å². The smallest absolute Gasteiger partial charge is 0.306 e. The fraction of sp³-hybridized carbons (Fsp3) is 0.776. The van der Waals surface area contributed by atoms with Gasteiger partial charge in [-0.25, -0.2) is 0 Å². The second-order valence-electron chi connectivity index (χ2n) is 18.1. The van der Waals surface area contributed by atoms with Crippen molar-refractivity contribution in [1.29, 1.82) is 0 Å². The first kappa shape index (κ1) is 61.1. The van der Waals surface area contributed by atoms with Crippen LogP contribution in [0, 0.1) is 0 Å². The maximum atomic E-state index is 12.8. The SMILES string of the molecule is CC/C=C\C/C=C\C/C=C\CCCCCC(=O)OCC(COC(=O)CCCCCCCCCCC/C=C\CCCCCCCC)OC(=O)CCCCCCC/C=C\CCCCCCC. The van der Waals surface area contributed by atoms with Crippen molar-refractivity contribution in [2.45, 2.75) is 277 Å². The van der Waals surface area contributed by atoms with Crippen LogP contribution in [0.2, 0.25) is 0 Å². The normalized spacial score (nSPS) is 12.5. The Hall–Kier alpha value is -2.89. The van der Waals surface area contributed by atoms with Crippen LogP contribution in [-0.4, -0.2) is 37.2 Å². The lowest BCUT2D eigenvalue weighted by Crippen LogP contribution is -2.30. The number of ether oxygens (including phenoxy) is 3. The van der Waals surface area contributed by atoms with E-state index in [1.54, 1.807) is 0 Å². The first-order valence-electron chi connectivity index (χ1n) is 27.3. The van der Waals surface area contributed by atoms with Crippen LogP contribution in [0.1, 0.15) is 271 Å². The number of esters is 3. The van der Waals surface area contributed by atoms with Gasteiger partial charge in [0.2, 0.25) is 0 Å². The molecule has 6 nitrogen and oxygen atoms in total. The van der Waals surface area contributed by atoms with Gasteiger partial charge in [0.15, 0.2) is 6.10 Å². The van der Waals surface area contributed by atoms with Crippen LogP contribution in [-0.2, 0) is 28.6 Å². The molecule has 0 spiro atoms. The zero-order chi connectivity index (χ0) is 46.5. The van der Waals surface area contributed by atoms with Gasteiger partial charge in [0.1, 0.15) is 13.2 Å². The van der Waals surface area contributed by atoms with Crippen LogP contribution >= 0.6 is 0 Å². The summed E-state index contributed by atoms with van der Waals surface area (Å²) < 4.78 is 16.8. The lowest BCUT2D eigenvalue weighted by Gasteiger charge is -2.18. The first-order valence-corrected chi connectivity index (χ1v) is 27.3. The molecule has 0 aliphatic heterocycles. The van der Waals surface area contributed by atoms with Gasteiger partial charge in [0.05, 0.1) is 0 Å². The summed E-state index contributed by atoms with van der Waals surface area (Å²) in [6.45, 7) is 6.49. The van der Waals surface area contributed by atoms with Crippen molar-refractivity contribution < 1.29 is 28.6 Å². The quantitative estimate of drug-likeness (QED) is 0.0262. The predicted molar refractivity (Wildman–Crippen MR) is 275 cm³/mol. The molecule has 0 aromatic rings. The van der Waals surface area contributed by atoms with E-state index in [-0.39, 0.29) is 31.1 Å². The largest absolute Gasteiger partial charge is 0.462 e. The van der Waals surface area contributed by atoms with Crippen molar-refractivity contribution in [3.63, 3.8) is 0 Å². The van der Waals surface area contributed by atoms with Gasteiger partial charge in [-0.05, 0) is 103 Å². The average molecular weight is 895 g/mol. The zero-order valence-corrected chi connectivity index (χ0v) is 42.3. The van der Waals surface area contributed by atoms with E-state index in [2.05, 4.69) is 81.5 Å². The van der Waals surface area contributed by atoms with Crippen LogP contribution < -0.4 is 0 Å². The van der Waals surface area contributed by atoms with E-state index in [4.69, 9.17) is 14.2 Å². The molecule has 6 heteroatoms. The van der Waals surface area contributed by atoms with Gasteiger partial charge in [-0.1, -0.05) is 210 Å². The number of hydrogen-bond donors (Lipinski definition) is 0. The van der Waals surface area contributed by atoms with Gasteiger partial charge in [0.25, 0.3) is 0 Å². The van der Waals surface area contributed by atoms with E-state index < -0.39 is 6.10 Å². The van der Waals surface area contributed by atoms with E-state index in [9.17, 15) is 14.4 Å². The third kappa shape index (κ3) is 50.1. The maximum absolute atomic E-state index is 12.8. The van der Waals surface area contributed by atoms with Gasteiger partial charge in [-0.2, -0.15) is 0 Å². The minimum atomic E-state index is -0.790. The molecule has 0 aromatic heterocycles. The maximum Gasteiger partial charge on any atom is 0.306 e. The molecule has 0 aliphatic carbocycles. The molecule has 0 bridgehead atoms. The number of rotatable bonds is 49. The molecule has 1 atom stereocenters. The van der Waals surface area contributed by atoms with Gasteiger partial charge >= 0.3 is 17.9 Å². The number of carbonyl (C=O) groups is 3. The second-order valence-corrected chi connectivity index (χ2v) is 18.1. The third-order valence-electron chi connectivity index (χ3n) is 11.7. The molecular weight excluding hydrogens is 793 g/mol. The molecule has 0 fully saturated rings. The predicted octanol–water partition coefficient (Wildman–Crippen LogP) is 18.0. The molecule has 64 heavy (non-hydrogen) atoms. The minimum absolute atomic E-state index is 0.0873. The highest BCUT2D eigenvalue weighted by atomic mass is 16.6. The fourth-order valence-corrected chi connectivity index (χ4v) is 7.62. The summed E-state index contributed by atoms with van der Waals surface area (Å²) in [5, 5.41) is 0. The Morgan fingerprint density at radius 3 is 0.984 bits per heavy atom. The van der Waals surface area contributed by atoms with E-state index in [1.807, 2.05) is 0 Å². The molecule has 0 rings (SSSR count). The summed E-state index contributed by atoms with van der Waals surface area (Å²) in [4.78, 5) is 38.0. The van der Waals surface area contributed by atoms with Crippen LogP contribution in [0.4, 0.5) is 0 Å². The molecule has 0 saturated carbocycles. The molecule has 0 amide bonds. The van der Waals surface area contributed by atoms with E-state index in [0.717, 1.165) is 96.3 Å². The standard InChI is InChI=1S/C58H102O6/c1-4-7-10-13-16-19-22-25-27-28-29-30-31-34-36-39-42-45-48-51-57(60)63-54-55(53-62-56(59)50-47-44-41-38-35-32-24-21-18-15-12-9-6-3)64-58(61)52-49-46-43-40-37-33-26-23-20-17-14-11-8-5-2/h9,12,18,21,23,25-27,32,35,55H,4-8,10-11,13-17,19-20,22,24,28-31,33-34,36-54H2,1-3H3/b12-9-,21-18-,26-23-,27-25-,35-32-. The minimum Gasteiger partial charge on any atom is -0.462 e. The molecule has 0 N–H and O–H groups in total. The van der Waals surface area contributed by atoms with Gasteiger partial charge in [-0.15, -0.1) is 0 Å². The summed E-state index contributed by atoms with van der Waals surface area (Å²) in [6.07, 6.45) is 64.9. The highest BCUT2D eigenvalue weighted by Crippen LogP contribution is 2.15. The van der Waals surface area contributed by atoms with Crippen molar-refractivity contribution in [3.8, 4) is 0 Å². The highest BCUT2D eigenvalue weighted by Gasteiger charge is 2.19. The summed E-state index contributed by atoms with van der Waals surface area (Å²) >= 11 is 0. The molecule has 0 aromatic carbocycles. The van der Waals surface area contributed by atoms with Crippen LogP contribution in [0.3, 0.4) is 0 Å². The Morgan fingerprint density at radius 1 is 0.328 bits per heavy atom. The third-order valence-corrected chi connectivity index (χ3v) is 11.7. The molecule has 0 heterocycles. The van der Waals surface area contributed by atoms with Crippen LogP contribution in [0.25, 0.3) is 0 Å². The lowest BCUT2D eigenvalue weighted by atomic mass is 10.1. The molecule has 0 aliphatic rings. The van der Waals surface area contributed by atoms with Crippen molar-refractivity contribution in [2.24, 2.45) is 0 Å². The second kappa shape index (κ2) is 52.7. The van der Waals surface area contributed by atoms with E-state index >= 15 is 0 Å². The molecule has 370 valence electrons. The Morgan fingerprint density at radius 2 is 0.609 bits per heavy atom. The lowest BCUT2D eigenvalue weighted by molar-refractivity contribution is -0.167. The van der Waals surface area contributed by atoms with Gasteiger partial charge in [-0.3, -0.25) is 14.4 Å². The Labute approximate surface area is 396 Å². The number of unbranched alkanes of at least 4 members (excludes halogenated alkanes) is 28. The van der Waals surface area contributed by atoms with Crippen LogP contribution in [0.5, 0.6) is 0 Å². The van der Waals surface area contributed by atoms with E-state index in [0.29, 0.717) is 19.3 Å². The summed E-state index contributed by atoms with van der Waals surface area (Å²) in [5.74, 6) is -0.922. The molecule has 0 saturated heterocycles. The van der Waals surface area contributed by atoms with Gasteiger partial charge in [0, 0.05) is 19.3 Å². The average Bonchev–Trinajstić information content (AvgIpc) is 3.29. The van der Waals surface area contributed by atoms with Crippen molar-refractivity contribution >= 4 is 17.9 Å². The van der Waals surface area contributed by atoms with Crippen molar-refractivity contribution in [1.82, 2.24) is 0 Å². The first-order chi connectivity index (χ1) is 31.5. The Balaban J connectivity index is 4.37. The fourth-order valence-electron chi connectivity index (χ4n) is 7.62. The van der Waals surface area contributed by atoms with Crippen LogP contribution in [0.15, 0.2) is 60.8 Å². The number of hydrogen-bond acceptors (Lipinski definition) is 6. The summed E-state index contributed by atoms with van der Waals surface area (Å²) in [5.41, 5.74) is 0. The van der Waals surface area contributed by atoms with Gasteiger partial charge < -0.3 is 14.2 Å². The molecular formula is C58H102O6. The summed E-state index contributed by atoms with van der Waals surface area (Å²) in [6, 6.07) is 0. The van der Waals surface area contributed by atoms with Crippen molar-refractivity contribution in [3.05, 3.63) is 60.8 Å². The topological polar surface area (TPSA) is 78.9 Å². The number of allylic oxidation sites excluding steroid dienone is 10. The number of carbonyl (C=O) groups excluding carboxylic acids is 3. The zero-order valence-electron chi connectivity index (χ0n) is 42.3. The Kier molecular flexibility index (Phi) is 50.4. The Bertz CT molecular complexity index is 1170. The summed E-state index contributed by atoms with van der Waals surface area (Å²) in [7, 11) is 0. The molecule has 1 unspecified atom stereocenters. The molecule has 0 radical (unpaired) electrons. The monoisotopic (exact) mass is 895 g/mol.